The summed E-state index contributed by atoms with van der Waals surface area (Å²) in [6.07, 6.45) is 0.278. The minimum Gasteiger partial charge on any atom is -0.497 e. The number of carbonyl (C=O) groups is 2. The summed E-state index contributed by atoms with van der Waals surface area (Å²) < 4.78 is 7.93. The Morgan fingerprint density at radius 1 is 0.944 bits per heavy atom. The van der Waals surface area contributed by atoms with Crippen LogP contribution in [0.3, 0.4) is 0 Å². The minimum absolute atomic E-state index is 0.111. The average Bonchev–Trinajstić information content (AvgIpc) is 3.30. The Hall–Kier alpha value is -3.63. The molecule has 0 aliphatic carbocycles. The van der Waals surface area contributed by atoms with Crippen LogP contribution < -0.4 is 15.4 Å². The Morgan fingerprint density at radius 3 is 2.36 bits per heavy atom. The number of thioether (sulfide) groups is 1. The van der Waals surface area contributed by atoms with Crippen molar-refractivity contribution in [3.8, 4) is 11.4 Å². The first-order chi connectivity index (χ1) is 17.5. The van der Waals surface area contributed by atoms with Gasteiger partial charge in [-0.2, -0.15) is 0 Å². The van der Waals surface area contributed by atoms with Crippen molar-refractivity contribution >= 4 is 45.2 Å². The number of benzene rings is 3. The summed E-state index contributed by atoms with van der Waals surface area (Å²) in [5.74, 6) is 1.14. The van der Waals surface area contributed by atoms with E-state index in [2.05, 4.69) is 36.8 Å². The van der Waals surface area contributed by atoms with Crippen molar-refractivity contribution in [1.29, 1.82) is 0 Å². The Balaban J connectivity index is 1.44. The van der Waals surface area contributed by atoms with E-state index in [4.69, 9.17) is 4.74 Å². The lowest BCUT2D eigenvalue weighted by Crippen LogP contribution is -2.26. The Labute approximate surface area is 221 Å². The Morgan fingerprint density at radius 2 is 1.67 bits per heavy atom. The van der Waals surface area contributed by atoms with E-state index in [1.165, 1.54) is 11.8 Å². The molecule has 1 heterocycles. The number of aromatic nitrogens is 3. The molecule has 4 aromatic rings. The third-order valence-corrected chi connectivity index (χ3v) is 6.60. The third-order valence-electron chi connectivity index (χ3n) is 5.14. The van der Waals surface area contributed by atoms with E-state index in [0.29, 0.717) is 22.4 Å². The highest BCUT2D eigenvalue weighted by atomic mass is 79.9. The van der Waals surface area contributed by atoms with Gasteiger partial charge in [0.25, 0.3) is 0 Å². The molecule has 2 N–H and O–H groups in total. The molecule has 3 aromatic carbocycles. The number of anilines is 1. The first kappa shape index (κ1) is 25.5. The third kappa shape index (κ3) is 6.96. The van der Waals surface area contributed by atoms with Crippen molar-refractivity contribution in [3.63, 3.8) is 0 Å². The number of carbonyl (C=O) groups excluding carboxylic acids is 2. The molecule has 4 rings (SSSR count). The van der Waals surface area contributed by atoms with Gasteiger partial charge in [0.1, 0.15) is 5.75 Å². The summed E-state index contributed by atoms with van der Waals surface area (Å²) in [4.78, 5) is 25.0. The fourth-order valence-electron chi connectivity index (χ4n) is 3.38. The van der Waals surface area contributed by atoms with Gasteiger partial charge in [-0.25, -0.2) is 0 Å². The SMILES string of the molecule is COc1ccc(NC(=O)CSc2nnc(CNC(=O)Cc3ccccc3)n2-c2ccc(Br)cc2)cc1. The monoisotopic (exact) mass is 565 g/mol. The largest absolute Gasteiger partial charge is 0.497 e. The van der Waals surface area contributed by atoms with Gasteiger partial charge in [-0.1, -0.05) is 58.0 Å². The summed E-state index contributed by atoms with van der Waals surface area (Å²) in [7, 11) is 1.59. The number of methoxy groups -OCH3 is 1. The standard InChI is InChI=1S/C26H24BrN5O3S/c1-35-22-13-9-20(10-14-22)29-25(34)17-36-26-31-30-23(32(26)21-11-7-19(27)8-12-21)16-28-24(33)15-18-5-3-2-4-6-18/h2-14H,15-17H2,1H3,(H,28,33)(H,29,34). The smallest absolute Gasteiger partial charge is 0.234 e. The molecule has 0 bridgehead atoms. The van der Waals surface area contributed by atoms with Crippen molar-refractivity contribution < 1.29 is 14.3 Å². The maximum Gasteiger partial charge on any atom is 0.234 e. The zero-order valence-electron chi connectivity index (χ0n) is 19.5. The van der Waals surface area contributed by atoms with Gasteiger partial charge in [0.05, 0.1) is 25.8 Å². The number of nitrogens with zero attached hydrogens (tertiary/aromatic N) is 3. The van der Waals surface area contributed by atoms with Crippen molar-refractivity contribution in [3.05, 3.63) is 94.7 Å². The molecular weight excluding hydrogens is 542 g/mol. The van der Waals surface area contributed by atoms with Crippen molar-refractivity contribution in [1.82, 2.24) is 20.1 Å². The molecule has 0 saturated carbocycles. The number of nitrogens with one attached hydrogen (secondary N) is 2. The number of hydrogen-bond donors (Lipinski definition) is 2. The predicted octanol–water partition coefficient (Wildman–Crippen LogP) is 4.63. The summed E-state index contributed by atoms with van der Waals surface area (Å²) in [6, 6.07) is 24.3. The van der Waals surface area contributed by atoms with Crippen molar-refractivity contribution in [2.24, 2.45) is 0 Å². The average molecular weight is 566 g/mol. The second-order valence-electron chi connectivity index (χ2n) is 7.72. The van der Waals surface area contributed by atoms with Crippen LogP contribution in [0.25, 0.3) is 5.69 Å². The highest BCUT2D eigenvalue weighted by Gasteiger charge is 2.17. The van der Waals surface area contributed by atoms with Crippen LogP contribution >= 0.6 is 27.7 Å². The van der Waals surface area contributed by atoms with Gasteiger partial charge in [-0.05, 0) is 54.1 Å². The molecule has 10 heteroatoms. The number of rotatable bonds is 10. The molecule has 184 valence electrons. The molecule has 8 nitrogen and oxygen atoms in total. The van der Waals surface area contributed by atoms with Crippen molar-refractivity contribution in [2.75, 3.05) is 18.2 Å². The maximum absolute atomic E-state index is 12.5. The quantitative estimate of drug-likeness (QED) is 0.272. The number of amides is 2. The molecule has 0 spiro atoms. The Kier molecular flexibility index (Phi) is 8.75. The van der Waals surface area contributed by atoms with Crippen LogP contribution in [0.15, 0.2) is 88.5 Å². The predicted molar refractivity (Wildman–Crippen MR) is 143 cm³/mol. The first-order valence-corrected chi connectivity index (χ1v) is 12.9. The van der Waals surface area contributed by atoms with Crippen LogP contribution in [0.5, 0.6) is 5.75 Å². The highest BCUT2D eigenvalue weighted by Crippen LogP contribution is 2.24. The summed E-state index contributed by atoms with van der Waals surface area (Å²) in [6.45, 7) is 0.202. The van der Waals surface area contributed by atoms with Crippen LogP contribution in [0.2, 0.25) is 0 Å². The lowest BCUT2D eigenvalue weighted by Gasteiger charge is -2.11. The van der Waals surface area contributed by atoms with E-state index < -0.39 is 0 Å². The molecule has 0 aliphatic heterocycles. The van der Waals surface area contributed by atoms with E-state index >= 15 is 0 Å². The topological polar surface area (TPSA) is 98.1 Å². The fraction of sp³-hybridized carbons (Fsp3) is 0.154. The van der Waals surface area contributed by atoms with Gasteiger partial charge in [-0.15, -0.1) is 10.2 Å². The molecule has 0 radical (unpaired) electrons. The summed E-state index contributed by atoms with van der Waals surface area (Å²) >= 11 is 4.72. The van der Waals surface area contributed by atoms with Gasteiger partial charge in [-0.3, -0.25) is 14.2 Å². The Bertz CT molecular complexity index is 1310. The molecule has 36 heavy (non-hydrogen) atoms. The summed E-state index contributed by atoms with van der Waals surface area (Å²) in [5.41, 5.74) is 2.44. The molecule has 2 amide bonds. The lowest BCUT2D eigenvalue weighted by molar-refractivity contribution is -0.120. The van der Waals surface area contributed by atoms with Crippen molar-refractivity contribution in [2.45, 2.75) is 18.1 Å². The fourth-order valence-corrected chi connectivity index (χ4v) is 4.42. The number of ether oxygens (including phenoxy) is 1. The van der Waals surface area contributed by atoms with E-state index in [9.17, 15) is 9.59 Å². The summed E-state index contributed by atoms with van der Waals surface area (Å²) in [5, 5.41) is 14.9. The number of hydrogen-bond acceptors (Lipinski definition) is 6. The minimum atomic E-state index is -0.173. The molecule has 0 saturated heterocycles. The highest BCUT2D eigenvalue weighted by molar-refractivity contribution is 9.10. The van der Waals surface area contributed by atoms with Gasteiger partial charge in [0.2, 0.25) is 11.8 Å². The number of halogens is 1. The van der Waals surface area contributed by atoms with Crippen LogP contribution in [0.4, 0.5) is 5.69 Å². The van der Waals surface area contributed by atoms with E-state index in [1.807, 2.05) is 59.2 Å². The molecular formula is C26H24BrN5O3S. The van der Waals surface area contributed by atoms with Gasteiger partial charge in [0.15, 0.2) is 11.0 Å². The second kappa shape index (κ2) is 12.4. The van der Waals surface area contributed by atoms with Crippen LogP contribution in [-0.4, -0.2) is 39.4 Å². The van der Waals surface area contributed by atoms with E-state index in [1.54, 1.807) is 31.4 Å². The normalized spacial score (nSPS) is 10.6. The molecule has 0 atom stereocenters. The molecule has 0 unspecified atom stereocenters. The second-order valence-corrected chi connectivity index (χ2v) is 9.57. The van der Waals surface area contributed by atoms with Crippen LogP contribution in [0, 0.1) is 0 Å². The zero-order chi connectivity index (χ0) is 25.3. The van der Waals surface area contributed by atoms with Gasteiger partial charge >= 0.3 is 0 Å². The van der Waals surface area contributed by atoms with Gasteiger partial charge in [0, 0.05) is 15.8 Å². The van der Waals surface area contributed by atoms with E-state index in [0.717, 1.165) is 15.7 Å². The lowest BCUT2D eigenvalue weighted by atomic mass is 10.1. The molecule has 0 aliphatic rings. The molecule has 0 fully saturated rings. The van der Waals surface area contributed by atoms with E-state index in [-0.39, 0.29) is 30.5 Å². The molecule has 1 aromatic heterocycles. The van der Waals surface area contributed by atoms with Gasteiger partial charge < -0.3 is 15.4 Å². The van der Waals surface area contributed by atoms with Crippen LogP contribution in [0.1, 0.15) is 11.4 Å². The maximum atomic E-state index is 12.5. The van der Waals surface area contributed by atoms with Crippen LogP contribution in [-0.2, 0) is 22.6 Å². The zero-order valence-corrected chi connectivity index (χ0v) is 21.9. The first-order valence-electron chi connectivity index (χ1n) is 11.1.